The molecule has 1 saturated heterocycles. The van der Waals surface area contributed by atoms with E-state index in [0.29, 0.717) is 42.3 Å². The second-order valence-electron chi connectivity index (χ2n) is 5.12. The van der Waals surface area contributed by atoms with E-state index in [1.54, 1.807) is 17.0 Å². The molecule has 24 heavy (non-hydrogen) atoms. The van der Waals surface area contributed by atoms with Gasteiger partial charge in [-0.25, -0.2) is 4.39 Å². The first kappa shape index (κ1) is 17.4. The van der Waals surface area contributed by atoms with Gasteiger partial charge in [-0.3, -0.25) is 4.79 Å². The summed E-state index contributed by atoms with van der Waals surface area (Å²) >= 11 is 13.3. The first-order chi connectivity index (χ1) is 11.6. The van der Waals surface area contributed by atoms with Crippen molar-refractivity contribution in [2.75, 3.05) is 26.3 Å². The fraction of sp³-hybridized carbons (Fsp3) is 0.250. The van der Waals surface area contributed by atoms with Crippen molar-refractivity contribution in [3.63, 3.8) is 0 Å². The maximum absolute atomic E-state index is 13.2. The summed E-state index contributed by atoms with van der Waals surface area (Å²) in [5.41, 5.74) is 1.24. The number of hydrogen-bond donors (Lipinski definition) is 0. The average molecular weight is 387 g/mol. The van der Waals surface area contributed by atoms with E-state index in [9.17, 15) is 9.18 Å². The Morgan fingerprint density at radius 2 is 1.92 bits per heavy atom. The van der Waals surface area contributed by atoms with E-state index in [-0.39, 0.29) is 21.9 Å². The molecule has 8 heteroatoms. The molecule has 0 saturated carbocycles. The van der Waals surface area contributed by atoms with Gasteiger partial charge < -0.3 is 9.64 Å². The lowest BCUT2D eigenvalue weighted by Crippen LogP contribution is -2.39. The highest BCUT2D eigenvalue weighted by atomic mass is 35.5. The zero-order chi connectivity index (χ0) is 17.1. The van der Waals surface area contributed by atoms with E-state index < -0.39 is 0 Å². The topological polar surface area (TPSA) is 42.4 Å². The summed E-state index contributed by atoms with van der Waals surface area (Å²) in [6.07, 6.45) is 1.49. The summed E-state index contributed by atoms with van der Waals surface area (Å²) in [6.45, 7) is 2.09. The zero-order valence-electron chi connectivity index (χ0n) is 12.5. The molecule has 2 heterocycles. The molecule has 0 atom stereocenters. The fourth-order valence-corrected chi connectivity index (χ4v) is 3.60. The van der Waals surface area contributed by atoms with Gasteiger partial charge >= 0.3 is 0 Å². The molecule has 0 bridgehead atoms. The van der Waals surface area contributed by atoms with E-state index in [1.165, 1.54) is 18.2 Å². The normalized spacial score (nSPS) is 15.6. The smallest absolute Gasteiger partial charge is 0.247 e. The Hall–Kier alpha value is -1.47. The molecule has 0 N–H and O–H groups in total. The van der Waals surface area contributed by atoms with Crippen LogP contribution in [0.2, 0.25) is 10.2 Å². The summed E-state index contributed by atoms with van der Waals surface area (Å²) < 4.78 is 22.5. The molecular weight excluding hydrogens is 374 g/mol. The van der Waals surface area contributed by atoms with Crippen molar-refractivity contribution >= 4 is 46.2 Å². The Kier molecular flexibility index (Phi) is 5.50. The fourth-order valence-electron chi connectivity index (χ4n) is 2.33. The highest BCUT2D eigenvalue weighted by Gasteiger charge is 2.20. The van der Waals surface area contributed by atoms with Crippen molar-refractivity contribution in [3.8, 4) is 0 Å². The van der Waals surface area contributed by atoms with Crippen molar-refractivity contribution in [2.24, 2.45) is 0 Å². The monoisotopic (exact) mass is 386 g/mol. The van der Waals surface area contributed by atoms with Crippen LogP contribution in [0.5, 0.6) is 0 Å². The lowest BCUT2D eigenvalue weighted by molar-refractivity contribution is -0.129. The zero-order valence-corrected chi connectivity index (χ0v) is 14.8. The van der Waals surface area contributed by atoms with Gasteiger partial charge in [0.1, 0.15) is 5.82 Å². The third kappa shape index (κ3) is 3.78. The van der Waals surface area contributed by atoms with E-state index in [1.807, 2.05) is 0 Å². The molecule has 2 aromatic rings. The van der Waals surface area contributed by atoms with Gasteiger partial charge in [0.25, 0.3) is 0 Å². The van der Waals surface area contributed by atoms with Gasteiger partial charge in [-0.2, -0.15) is 4.37 Å². The van der Waals surface area contributed by atoms with Gasteiger partial charge in [-0.1, -0.05) is 35.3 Å². The van der Waals surface area contributed by atoms with Crippen LogP contribution in [0.3, 0.4) is 0 Å². The number of hydrogen-bond acceptors (Lipinski definition) is 4. The maximum Gasteiger partial charge on any atom is 0.247 e. The Morgan fingerprint density at radius 3 is 2.50 bits per heavy atom. The Bertz CT molecular complexity index is 771. The highest BCUT2D eigenvalue weighted by Crippen LogP contribution is 2.37. The lowest BCUT2D eigenvalue weighted by atomic mass is 10.0. The van der Waals surface area contributed by atoms with Crippen LogP contribution in [0, 0.1) is 5.82 Å². The molecule has 1 aliphatic heterocycles. The summed E-state index contributed by atoms with van der Waals surface area (Å²) in [4.78, 5) is 14.8. The standard InChI is InChI=1S/C16H13Cl2FN2O2S/c17-14-15(24-20-16(14)18)12(10-1-3-11(19)4-2-10)9-13(22)21-5-7-23-8-6-21/h1-4,9H,5-8H2/b12-9-. The van der Waals surface area contributed by atoms with Gasteiger partial charge in [-0.15, -0.1) is 0 Å². The summed E-state index contributed by atoms with van der Waals surface area (Å²) in [7, 11) is 0. The quantitative estimate of drug-likeness (QED) is 0.751. The van der Waals surface area contributed by atoms with Crippen LogP contribution in [-0.2, 0) is 9.53 Å². The largest absolute Gasteiger partial charge is 0.378 e. The van der Waals surface area contributed by atoms with E-state index >= 15 is 0 Å². The van der Waals surface area contributed by atoms with Crippen molar-refractivity contribution in [1.82, 2.24) is 9.27 Å². The number of amides is 1. The maximum atomic E-state index is 13.2. The molecule has 0 aliphatic carbocycles. The number of morpholine rings is 1. The van der Waals surface area contributed by atoms with E-state index in [2.05, 4.69) is 4.37 Å². The first-order valence-electron chi connectivity index (χ1n) is 7.21. The molecular formula is C16H13Cl2FN2O2S. The van der Waals surface area contributed by atoms with E-state index in [4.69, 9.17) is 27.9 Å². The van der Waals surface area contributed by atoms with Crippen LogP contribution in [-0.4, -0.2) is 41.5 Å². The predicted octanol–water partition coefficient (Wildman–Crippen LogP) is 3.88. The van der Waals surface area contributed by atoms with Crippen LogP contribution in [0.1, 0.15) is 10.4 Å². The van der Waals surface area contributed by atoms with Crippen LogP contribution < -0.4 is 0 Å². The second-order valence-corrected chi connectivity index (χ2v) is 6.63. The lowest BCUT2D eigenvalue weighted by Gasteiger charge is -2.26. The van der Waals surface area contributed by atoms with E-state index in [0.717, 1.165) is 11.5 Å². The Labute approximate surface area is 152 Å². The van der Waals surface area contributed by atoms with Crippen molar-refractivity contribution in [3.05, 3.63) is 56.8 Å². The average Bonchev–Trinajstić information content (AvgIpc) is 2.93. The molecule has 0 unspecified atom stereocenters. The minimum absolute atomic E-state index is 0.154. The molecule has 1 amide bonds. The second kappa shape index (κ2) is 7.61. The van der Waals surface area contributed by atoms with Gasteiger partial charge in [0, 0.05) is 24.7 Å². The third-order valence-electron chi connectivity index (χ3n) is 3.59. The number of ether oxygens (including phenoxy) is 1. The molecule has 0 spiro atoms. The first-order valence-corrected chi connectivity index (χ1v) is 8.74. The number of aromatic nitrogens is 1. The summed E-state index contributed by atoms with van der Waals surface area (Å²) in [5.74, 6) is -0.510. The van der Waals surface area contributed by atoms with Crippen molar-refractivity contribution in [1.29, 1.82) is 0 Å². The predicted molar refractivity (Wildman–Crippen MR) is 93.0 cm³/mol. The van der Waals surface area contributed by atoms with Crippen molar-refractivity contribution in [2.45, 2.75) is 0 Å². The van der Waals surface area contributed by atoms with Gasteiger partial charge in [0.15, 0.2) is 5.15 Å². The SMILES string of the molecule is O=C(/C=C(/c1ccc(F)cc1)c1snc(Cl)c1Cl)N1CCOCC1. The Morgan fingerprint density at radius 1 is 1.25 bits per heavy atom. The van der Waals surface area contributed by atoms with Crippen LogP contribution in [0.4, 0.5) is 4.39 Å². The number of carbonyl (C=O) groups excluding carboxylic acids is 1. The molecule has 0 radical (unpaired) electrons. The number of halogens is 3. The molecule has 1 fully saturated rings. The Balaban J connectivity index is 2.01. The summed E-state index contributed by atoms with van der Waals surface area (Å²) in [6, 6.07) is 5.85. The molecule has 1 aliphatic rings. The third-order valence-corrected chi connectivity index (χ3v) is 5.42. The number of nitrogens with zero attached hydrogens (tertiary/aromatic N) is 2. The van der Waals surface area contributed by atoms with Crippen LogP contribution in [0.25, 0.3) is 5.57 Å². The molecule has 1 aromatic heterocycles. The minimum atomic E-state index is -0.356. The van der Waals surface area contributed by atoms with Gasteiger partial charge in [-0.05, 0) is 29.2 Å². The summed E-state index contributed by atoms with van der Waals surface area (Å²) in [5, 5.41) is 0.468. The number of benzene rings is 1. The molecule has 1 aromatic carbocycles. The molecule has 126 valence electrons. The van der Waals surface area contributed by atoms with Crippen molar-refractivity contribution < 1.29 is 13.9 Å². The van der Waals surface area contributed by atoms with Crippen LogP contribution in [0.15, 0.2) is 30.3 Å². The highest BCUT2D eigenvalue weighted by molar-refractivity contribution is 7.08. The van der Waals surface area contributed by atoms with Crippen LogP contribution >= 0.6 is 34.7 Å². The molecule has 3 rings (SSSR count). The number of carbonyl (C=O) groups is 1. The minimum Gasteiger partial charge on any atom is -0.378 e. The van der Waals surface area contributed by atoms with Gasteiger partial charge in [0.05, 0.1) is 23.1 Å². The number of rotatable bonds is 3. The van der Waals surface area contributed by atoms with Gasteiger partial charge in [0.2, 0.25) is 5.91 Å². The molecule has 4 nitrogen and oxygen atoms in total.